The number of nitrogens with one attached hydrogen (secondary N) is 1. The topological polar surface area (TPSA) is 140 Å². The molecule has 0 unspecified atom stereocenters. The zero-order valence-corrected chi connectivity index (χ0v) is 19.4. The van der Waals surface area contributed by atoms with Crippen LogP contribution in [-0.2, 0) is 15.1 Å². The highest BCUT2D eigenvalue weighted by Gasteiger charge is 2.71. The first-order valence-corrected chi connectivity index (χ1v) is 10.5. The molecule has 10 heteroatoms. The van der Waals surface area contributed by atoms with Crippen molar-refractivity contribution in [2.45, 2.75) is 43.6 Å². The molecule has 9 nitrogen and oxygen atoms in total. The van der Waals surface area contributed by atoms with Crippen LogP contribution in [0.4, 0.5) is 10.5 Å². The van der Waals surface area contributed by atoms with E-state index in [1.807, 2.05) is 0 Å². The van der Waals surface area contributed by atoms with Crippen LogP contribution in [0.3, 0.4) is 0 Å². The van der Waals surface area contributed by atoms with Crippen LogP contribution >= 0.6 is 11.6 Å². The number of amides is 2. The minimum Gasteiger partial charge on any atom is -0.478 e. The van der Waals surface area contributed by atoms with Crippen molar-refractivity contribution < 1.29 is 34.8 Å². The average Bonchev–Trinajstić information content (AvgIpc) is 3.12. The van der Waals surface area contributed by atoms with E-state index in [1.54, 1.807) is 57.2 Å². The number of halogens is 1. The Balaban J connectivity index is 0.00000306. The number of hydrogen-bond donors (Lipinski definition) is 3. The lowest BCUT2D eigenvalue weighted by Crippen LogP contribution is -2.71. The SMILES string of the molecule is CN1C(=O)[C@](NC(=O)OC(C)(C)C)([C@@]2(CO)Oc3ccccc3[C@H]2O)c2cc(Cl)ccc21.O. The molecular formula is C23H27ClN2O7. The molecule has 3 atom stereocenters. The lowest BCUT2D eigenvalue weighted by atomic mass is 9.71. The van der Waals surface area contributed by atoms with Gasteiger partial charge in [0.1, 0.15) is 17.5 Å². The van der Waals surface area contributed by atoms with Crippen LogP contribution in [0.25, 0.3) is 0 Å². The Bertz CT molecular complexity index is 1100. The van der Waals surface area contributed by atoms with Crippen LogP contribution in [0.15, 0.2) is 42.5 Å². The maximum absolute atomic E-state index is 13.9. The maximum Gasteiger partial charge on any atom is 0.408 e. The summed E-state index contributed by atoms with van der Waals surface area (Å²) in [7, 11) is 1.53. The van der Waals surface area contributed by atoms with E-state index in [1.165, 1.54) is 18.0 Å². The van der Waals surface area contributed by atoms with Gasteiger partial charge in [-0.3, -0.25) is 10.1 Å². The fraction of sp³-hybridized carbons (Fsp3) is 0.391. The van der Waals surface area contributed by atoms with Gasteiger partial charge in [-0.1, -0.05) is 29.8 Å². The molecule has 5 N–H and O–H groups in total. The zero-order chi connectivity index (χ0) is 23.5. The van der Waals surface area contributed by atoms with Crippen molar-refractivity contribution in [1.29, 1.82) is 0 Å². The summed E-state index contributed by atoms with van der Waals surface area (Å²) in [6.45, 7) is 4.27. The first-order valence-electron chi connectivity index (χ1n) is 10.1. The highest BCUT2D eigenvalue weighted by atomic mass is 35.5. The average molecular weight is 479 g/mol. The van der Waals surface area contributed by atoms with E-state index in [9.17, 15) is 19.8 Å². The molecular weight excluding hydrogens is 452 g/mol. The number of benzene rings is 2. The third-order valence-corrected chi connectivity index (χ3v) is 6.09. The van der Waals surface area contributed by atoms with Gasteiger partial charge in [0.15, 0.2) is 11.1 Å². The normalized spacial score (nSPS) is 25.6. The molecule has 0 bridgehead atoms. The van der Waals surface area contributed by atoms with E-state index in [0.29, 0.717) is 22.0 Å². The molecule has 2 aromatic rings. The summed E-state index contributed by atoms with van der Waals surface area (Å²) in [5, 5.41) is 25.0. The number of para-hydroxylation sites is 1. The van der Waals surface area contributed by atoms with Gasteiger partial charge in [-0.15, -0.1) is 0 Å². The van der Waals surface area contributed by atoms with E-state index < -0.39 is 41.5 Å². The number of alkyl carbamates (subject to hydrolysis) is 1. The molecule has 0 spiro atoms. The van der Waals surface area contributed by atoms with Gasteiger partial charge >= 0.3 is 6.09 Å². The van der Waals surface area contributed by atoms with Crippen LogP contribution < -0.4 is 15.0 Å². The Morgan fingerprint density at radius 2 is 1.94 bits per heavy atom. The van der Waals surface area contributed by atoms with Crippen LogP contribution in [0.5, 0.6) is 5.75 Å². The number of carbonyl (C=O) groups excluding carboxylic acids is 2. The van der Waals surface area contributed by atoms with Crippen molar-refractivity contribution in [3.05, 3.63) is 58.6 Å². The first kappa shape index (κ1) is 24.8. The van der Waals surface area contributed by atoms with Crippen LogP contribution in [-0.4, -0.2) is 52.5 Å². The van der Waals surface area contributed by atoms with Crippen molar-refractivity contribution in [3.8, 4) is 5.75 Å². The molecule has 2 aromatic carbocycles. The van der Waals surface area contributed by atoms with Gasteiger partial charge in [-0.2, -0.15) is 0 Å². The van der Waals surface area contributed by atoms with Crippen molar-refractivity contribution in [2.75, 3.05) is 18.6 Å². The predicted octanol–water partition coefficient (Wildman–Crippen LogP) is 2.07. The summed E-state index contributed by atoms with van der Waals surface area (Å²) in [6.07, 6.45) is -2.35. The second-order valence-electron chi connectivity index (χ2n) is 8.99. The number of carbonyl (C=O) groups is 2. The molecule has 2 amide bonds. The van der Waals surface area contributed by atoms with E-state index >= 15 is 0 Å². The molecule has 0 saturated heterocycles. The molecule has 4 rings (SSSR count). The van der Waals surface area contributed by atoms with Gasteiger partial charge in [-0.05, 0) is 45.0 Å². The van der Waals surface area contributed by atoms with E-state index in [4.69, 9.17) is 21.1 Å². The quantitative estimate of drug-likeness (QED) is 0.617. The van der Waals surface area contributed by atoms with E-state index in [-0.39, 0.29) is 11.0 Å². The summed E-state index contributed by atoms with van der Waals surface area (Å²) < 4.78 is 11.6. The number of aliphatic hydroxyl groups excluding tert-OH is 2. The molecule has 2 aliphatic rings. The predicted molar refractivity (Wildman–Crippen MR) is 121 cm³/mol. The summed E-state index contributed by atoms with van der Waals surface area (Å²) in [6, 6.07) is 11.4. The molecule has 0 saturated carbocycles. The summed E-state index contributed by atoms with van der Waals surface area (Å²) in [5.74, 6) is -0.313. The fourth-order valence-electron chi connectivity index (χ4n) is 4.49. The van der Waals surface area contributed by atoms with Crippen molar-refractivity contribution in [1.82, 2.24) is 5.32 Å². The lowest BCUT2D eigenvalue weighted by Gasteiger charge is -2.45. The minimum absolute atomic E-state index is 0. The number of hydrogen-bond acceptors (Lipinski definition) is 6. The Morgan fingerprint density at radius 3 is 2.55 bits per heavy atom. The standard InChI is InChI=1S/C23H25ClN2O6.H2O/c1-21(2,3)32-20(30)25-23(15-11-13(24)9-10-16(15)26(4)19(23)29)22(12-27)18(28)14-7-5-6-8-17(14)31-22;/h5-11,18,27-28H,12H2,1-4H3,(H,25,30);1H2/t18-,22+,23+;/m1./s1. The zero-order valence-electron chi connectivity index (χ0n) is 18.7. The highest BCUT2D eigenvalue weighted by molar-refractivity contribution is 6.31. The second kappa shape index (κ2) is 8.18. The second-order valence-corrected chi connectivity index (χ2v) is 9.43. The number of nitrogens with zero attached hydrogens (tertiary/aromatic N) is 1. The fourth-order valence-corrected chi connectivity index (χ4v) is 4.66. The number of likely N-dealkylation sites (N-methyl/N-ethyl adjacent to an activating group) is 1. The molecule has 33 heavy (non-hydrogen) atoms. The Morgan fingerprint density at radius 1 is 1.27 bits per heavy atom. The molecule has 2 heterocycles. The van der Waals surface area contributed by atoms with Crippen LogP contribution in [0.2, 0.25) is 5.02 Å². The minimum atomic E-state index is -2.03. The van der Waals surface area contributed by atoms with Gasteiger partial charge in [0.05, 0.1) is 6.61 Å². The van der Waals surface area contributed by atoms with Crippen molar-refractivity contribution >= 4 is 29.3 Å². The first-order chi connectivity index (χ1) is 15.0. The number of aliphatic hydroxyl groups is 2. The van der Waals surface area contributed by atoms with Gasteiger partial charge in [0.25, 0.3) is 5.91 Å². The Labute approximate surface area is 196 Å². The van der Waals surface area contributed by atoms with Crippen molar-refractivity contribution in [3.63, 3.8) is 0 Å². The molecule has 0 aromatic heterocycles. The number of rotatable bonds is 3. The maximum atomic E-state index is 13.9. The summed E-state index contributed by atoms with van der Waals surface area (Å²) in [5.41, 5.74) is -3.75. The van der Waals surface area contributed by atoms with E-state index in [2.05, 4.69) is 5.32 Å². The van der Waals surface area contributed by atoms with Gasteiger partial charge < -0.3 is 30.1 Å². The molecule has 0 fully saturated rings. The number of fused-ring (bicyclic) bond motifs is 2. The molecule has 0 aliphatic carbocycles. The molecule has 2 aliphatic heterocycles. The van der Waals surface area contributed by atoms with Gasteiger partial charge in [0.2, 0.25) is 0 Å². The highest BCUT2D eigenvalue weighted by Crippen LogP contribution is 2.56. The van der Waals surface area contributed by atoms with Crippen LogP contribution in [0, 0.1) is 0 Å². The number of ether oxygens (including phenoxy) is 2. The smallest absolute Gasteiger partial charge is 0.408 e. The van der Waals surface area contributed by atoms with Crippen LogP contribution in [0.1, 0.15) is 38.0 Å². The monoisotopic (exact) mass is 478 g/mol. The molecule has 0 radical (unpaired) electrons. The third-order valence-electron chi connectivity index (χ3n) is 5.85. The summed E-state index contributed by atoms with van der Waals surface area (Å²) in [4.78, 5) is 28.2. The number of anilines is 1. The van der Waals surface area contributed by atoms with Gasteiger partial charge in [-0.25, -0.2) is 4.79 Å². The van der Waals surface area contributed by atoms with Crippen molar-refractivity contribution in [2.24, 2.45) is 0 Å². The van der Waals surface area contributed by atoms with Gasteiger partial charge in [0, 0.05) is 28.9 Å². The summed E-state index contributed by atoms with van der Waals surface area (Å²) >= 11 is 6.27. The third kappa shape index (κ3) is 3.52. The Kier molecular flexibility index (Phi) is 6.14. The lowest BCUT2D eigenvalue weighted by molar-refractivity contribution is -0.153. The Hall–Kier alpha value is -2.85. The van der Waals surface area contributed by atoms with E-state index in [0.717, 1.165) is 0 Å². The largest absolute Gasteiger partial charge is 0.478 e. The molecule has 178 valence electrons.